The van der Waals surface area contributed by atoms with Gasteiger partial charge in [-0.25, -0.2) is 0 Å². The number of thiophene rings is 1. The summed E-state index contributed by atoms with van der Waals surface area (Å²) < 4.78 is 0. The van der Waals surface area contributed by atoms with E-state index in [1.165, 1.54) is 0 Å². The van der Waals surface area contributed by atoms with Crippen molar-refractivity contribution in [3.63, 3.8) is 0 Å². The minimum absolute atomic E-state index is 0. The largest absolute Gasteiger partial charge is 0.340 e. The molecule has 0 aliphatic carbocycles. The number of amides is 1. The molecule has 1 unspecified atom stereocenters. The zero-order valence-corrected chi connectivity index (χ0v) is 10.9. The van der Waals surface area contributed by atoms with Gasteiger partial charge < -0.3 is 10.2 Å². The second kappa shape index (κ2) is 6.23. The van der Waals surface area contributed by atoms with Gasteiger partial charge in [-0.3, -0.25) is 4.79 Å². The van der Waals surface area contributed by atoms with Crippen LogP contribution in [0.5, 0.6) is 0 Å². The molecule has 3 nitrogen and oxygen atoms in total. The number of carbonyl (C=O) groups is 1. The van der Waals surface area contributed by atoms with Crippen molar-refractivity contribution in [3.05, 3.63) is 22.4 Å². The van der Waals surface area contributed by atoms with E-state index in [1.807, 2.05) is 21.7 Å². The minimum Gasteiger partial charge on any atom is -0.340 e. The Balaban J connectivity index is 0.00000128. The molecule has 2 rings (SSSR count). The normalized spacial score (nSPS) is 20.3. The van der Waals surface area contributed by atoms with Gasteiger partial charge in [0.05, 0.1) is 6.42 Å². The second-order valence-electron chi connectivity index (χ2n) is 4.00. The van der Waals surface area contributed by atoms with Crippen LogP contribution in [0.15, 0.2) is 16.8 Å². The van der Waals surface area contributed by atoms with Gasteiger partial charge in [0.1, 0.15) is 0 Å². The zero-order valence-electron chi connectivity index (χ0n) is 9.31. The zero-order chi connectivity index (χ0) is 10.7. The van der Waals surface area contributed by atoms with Crippen LogP contribution < -0.4 is 5.32 Å². The number of halogens is 1. The average molecular weight is 261 g/mol. The van der Waals surface area contributed by atoms with E-state index in [1.54, 1.807) is 11.3 Å². The van der Waals surface area contributed by atoms with Crippen LogP contribution in [0.2, 0.25) is 0 Å². The van der Waals surface area contributed by atoms with E-state index in [2.05, 4.69) is 12.2 Å². The Morgan fingerprint density at radius 1 is 1.69 bits per heavy atom. The summed E-state index contributed by atoms with van der Waals surface area (Å²) in [5, 5.41) is 7.40. The maximum absolute atomic E-state index is 11.9. The van der Waals surface area contributed by atoms with E-state index >= 15 is 0 Å². The van der Waals surface area contributed by atoms with E-state index in [4.69, 9.17) is 0 Å². The van der Waals surface area contributed by atoms with E-state index in [0.29, 0.717) is 12.5 Å². The predicted molar refractivity (Wildman–Crippen MR) is 69.3 cm³/mol. The van der Waals surface area contributed by atoms with E-state index in [0.717, 1.165) is 25.2 Å². The van der Waals surface area contributed by atoms with Crippen molar-refractivity contribution in [2.75, 3.05) is 19.6 Å². The van der Waals surface area contributed by atoms with Crippen molar-refractivity contribution in [3.8, 4) is 0 Å². The van der Waals surface area contributed by atoms with Crippen molar-refractivity contribution in [2.24, 2.45) is 0 Å². The molecule has 1 fully saturated rings. The fourth-order valence-electron chi connectivity index (χ4n) is 1.84. The second-order valence-corrected chi connectivity index (χ2v) is 4.78. The van der Waals surface area contributed by atoms with Gasteiger partial charge in [-0.2, -0.15) is 11.3 Å². The molecule has 1 N–H and O–H groups in total. The molecular formula is C11H17ClN2OS. The maximum Gasteiger partial charge on any atom is 0.227 e. The first-order chi connectivity index (χ1) is 7.25. The smallest absolute Gasteiger partial charge is 0.227 e. The van der Waals surface area contributed by atoms with Gasteiger partial charge in [-0.15, -0.1) is 12.4 Å². The summed E-state index contributed by atoms with van der Waals surface area (Å²) in [5.41, 5.74) is 1.14. The molecule has 0 saturated carbocycles. The van der Waals surface area contributed by atoms with Crippen molar-refractivity contribution in [1.29, 1.82) is 0 Å². The summed E-state index contributed by atoms with van der Waals surface area (Å²) in [7, 11) is 0. The van der Waals surface area contributed by atoms with Crippen LogP contribution in [-0.2, 0) is 11.2 Å². The van der Waals surface area contributed by atoms with Crippen molar-refractivity contribution < 1.29 is 4.79 Å². The van der Waals surface area contributed by atoms with Gasteiger partial charge in [0, 0.05) is 25.7 Å². The summed E-state index contributed by atoms with van der Waals surface area (Å²) in [5.74, 6) is 0.252. The van der Waals surface area contributed by atoms with Crippen LogP contribution in [0.25, 0.3) is 0 Å². The molecule has 0 radical (unpaired) electrons. The predicted octanol–water partition coefficient (Wildman–Crippen LogP) is 1.53. The van der Waals surface area contributed by atoms with Gasteiger partial charge >= 0.3 is 0 Å². The van der Waals surface area contributed by atoms with Crippen molar-refractivity contribution >= 4 is 29.7 Å². The third kappa shape index (κ3) is 3.47. The first-order valence-electron chi connectivity index (χ1n) is 5.28. The Bertz CT molecular complexity index is 329. The SMILES string of the molecule is CC1CN(C(=O)Cc2ccsc2)CCN1.Cl. The lowest BCUT2D eigenvalue weighted by atomic mass is 10.2. The minimum atomic E-state index is 0. The molecule has 1 aliphatic rings. The summed E-state index contributed by atoms with van der Waals surface area (Å²) in [6.07, 6.45) is 0.552. The highest BCUT2D eigenvalue weighted by molar-refractivity contribution is 7.07. The van der Waals surface area contributed by atoms with E-state index in [-0.39, 0.29) is 18.3 Å². The first-order valence-corrected chi connectivity index (χ1v) is 6.22. The average Bonchev–Trinajstić information content (AvgIpc) is 2.70. The third-order valence-electron chi connectivity index (χ3n) is 2.66. The highest BCUT2D eigenvalue weighted by Gasteiger charge is 2.20. The quantitative estimate of drug-likeness (QED) is 0.875. The molecule has 2 heterocycles. The van der Waals surface area contributed by atoms with E-state index in [9.17, 15) is 4.79 Å². The fraction of sp³-hybridized carbons (Fsp3) is 0.545. The van der Waals surface area contributed by atoms with E-state index < -0.39 is 0 Å². The molecule has 16 heavy (non-hydrogen) atoms. The molecule has 1 aromatic heterocycles. The fourth-order valence-corrected chi connectivity index (χ4v) is 2.51. The van der Waals surface area contributed by atoms with Gasteiger partial charge in [0.2, 0.25) is 5.91 Å². The van der Waals surface area contributed by atoms with Crippen LogP contribution in [0.4, 0.5) is 0 Å². The highest BCUT2D eigenvalue weighted by Crippen LogP contribution is 2.09. The molecule has 0 bridgehead atoms. The number of nitrogens with zero attached hydrogens (tertiary/aromatic N) is 1. The Morgan fingerprint density at radius 3 is 3.12 bits per heavy atom. The first kappa shape index (κ1) is 13.5. The summed E-state index contributed by atoms with van der Waals surface area (Å²) in [6, 6.07) is 2.44. The summed E-state index contributed by atoms with van der Waals surface area (Å²) in [6.45, 7) is 4.71. The number of carbonyl (C=O) groups excluding carboxylic acids is 1. The molecule has 1 aromatic rings. The molecular weight excluding hydrogens is 244 g/mol. The highest BCUT2D eigenvalue weighted by atomic mass is 35.5. The Labute approximate surface area is 106 Å². The monoisotopic (exact) mass is 260 g/mol. The number of hydrogen-bond acceptors (Lipinski definition) is 3. The molecule has 1 amide bonds. The van der Waals surface area contributed by atoms with Crippen molar-refractivity contribution in [2.45, 2.75) is 19.4 Å². The summed E-state index contributed by atoms with van der Waals surface area (Å²) in [4.78, 5) is 13.9. The van der Waals surface area contributed by atoms with Gasteiger partial charge in [-0.1, -0.05) is 0 Å². The number of hydrogen-bond donors (Lipinski definition) is 1. The van der Waals surface area contributed by atoms with Crippen LogP contribution in [0.1, 0.15) is 12.5 Å². The van der Waals surface area contributed by atoms with Crippen molar-refractivity contribution in [1.82, 2.24) is 10.2 Å². The molecule has 1 aliphatic heterocycles. The lowest BCUT2D eigenvalue weighted by Crippen LogP contribution is -2.51. The molecule has 0 spiro atoms. The number of piperazine rings is 1. The molecule has 0 aromatic carbocycles. The van der Waals surface area contributed by atoms with Crippen LogP contribution >= 0.6 is 23.7 Å². The number of rotatable bonds is 2. The van der Waals surface area contributed by atoms with Crippen LogP contribution in [0.3, 0.4) is 0 Å². The Kier molecular flexibility index (Phi) is 5.25. The van der Waals surface area contributed by atoms with Crippen LogP contribution in [0, 0.1) is 0 Å². The lowest BCUT2D eigenvalue weighted by molar-refractivity contribution is -0.131. The lowest BCUT2D eigenvalue weighted by Gasteiger charge is -2.31. The standard InChI is InChI=1S/C11H16N2OS.ClH/c1-9-7-13(4-3-12-9)11(14)6-10-2-5-15-8-10;/h2,5,8-9,12H,3-4,6-7H2,1H3;1H. The third-order valence-corrected chi connectivity index (χ3v) is 3.39. The van der Waals surface area contributed by atoms with Gasteiger partial charge in [0.25, 0.3) is 0 Å². The Morgan fingerprint density at radius 2 is 2.50 bits per heavy atom. The Hall–Kier alpha value is -0.580. The maximum atomic E-state index is 11.9. The van der Waals surface area contributed by atoms with Crippen LogP contribution in [-0.4, -0.2) is 36.5 Å². The molecule has 5 heteroatoms. The molecule has 1 atom stereocenters. The number of nitrogens with one attached hydrogen (secondary N) is 1. The summed E-state index contributed by atoms with van der Waals surface area (Å²) >= 11 is 1.65. The topological polar surface area (TPSA) is 32.3 Å². The molecule has 90 valence electrons. The van der Waals surface area contributed by atoms with Gasteiger partial charge in [0.15, 0.2) is 0 Å². The molecule has 1 saturated heterocycles. The van der Waals surface area contributed by atoms with Gasteiger partial charge in [-0.05, 0) is 29.3 Å².